The van der Waals surface area contributed by atoms with Gasteiger partial charge in [0.2, 0.25) is 0 Å². The minimum absolute atomic E-state index is 0.153. The molecule has 5 heteroatoms. The first-order valence-corrected chi connectivity index (χ1v) is 31.2. The minimum atomic E-state index is -0.394. The second-order valence-electron chi connectivity index (χ2n) is 21.3. The van der Waals surface area contributed by atoms with Crippen LogP contribution in [0.2, 0.25) is 0 Å². The van der Waals surface area contributed by atoms with E-state index < -0.39 is 6.10 Å². The lowest BCUT2D eigenvalue weighted by Crippen LogP contribution is -2.29. The highest BCUT2D eigenvalue weighted by atomic mass is 16.6. The van der Waals surface area contributed by atoms with Crippen LogP contribution in [0.3, 0.4) is 0 Å². The number of esters is 2. The zero-order valence-electron chi connectivity index (χ0n) is 46.7. The van der Waals surface area contributed by atoms with Crippen LogP contribution in [-0.2, 0) is 23.8 Å². The number of carbonyl (C=O) groups is 2. The van der Waals surface area contributed by atoms with Gasteiger partial charge < -0.3 is 14.2 Å². The van der Waals surface area contributed by atoms with Crippen LogP contribution in [0.15, 0.2) is 12.2 Å². The molecule has 0 aliphatic carbocycles. The monoisotopic (exact) mass is 959 g/mol. The van der Waals surface area contributed by atoms with Crippen LogP contribution in [0.4, 0.5) is 0 Å². The second kappa shape index (κ2) is 59.9. The maximum Gasteiger partial charge on any atom is 0.305 e. The Bertz CT molecular complexity index is 994. The molecule has 0 unspecified atom stereocenters. The van der Waals surface area contributed by atoms with Crippen molar-refractivity contribution < 1.29 is 23.8 Å². The molecule has 5 nitrogen and oxygen atoms in total. The van der Waals surface area contributed by atoms with E-state index in [4.69, 9.17) is 14.2 Å². The molecular weight excluding hydrogens is 837 g/mol. The van der Waals surface area contributed by atoms with E-state index in [2.05, 4.69) is 32.9 Å². The van der Waals surface area contributed by atoms with Crippen LogP contribution >= 0.6 is 0 Å². The first-order chi connectivity index (χ1) is 33.6. The zero-order valence-corrected chi connectivity index (χ0v) is 46.7. The van der Waals surface area contributed by atoms with Gasteiger partial charge in [-0.25, -0.2) is 0 Å². The van der Waals surface area contributed by atoms with Gasteiger partial charge in [-0.05, 0) is 44.9 Å². The Balaban J connectivity index is 4.19. The van der Waals surface area contributed by atoms with E-state index in [1.54, 1.807) is 0 Å². The summed E-state index contributed by atoms with van der Waals surface area (Å²) >= 11 is 0. The molecule has 0 bridgehead atoms. The molecule has 0 aromatic rings. The van der Waals surface area contributed by atoms with E-state index in [9.17, 15) is 9.59 Å². The van der Waals surface area contributed by atoms with Crippen molar-refractivity contribution in [1.29, 1.82) is 0 Å². The number of carbonyl (C=O) groups excluding carboxylic acids is 2. The van der Waals surface area contributed by atoms with E-state index in [0.717, 1.165) is 38.5 Å². The summed E-state index contributed by atoms with van der Waals surface area (Å²) in [6.07, 6.45) is 71.2. The highest BCUT2D eigenvalue weighted by molar-refractivity contribution is 5.69. The van der Waals surface area contributed by atoms with Crippen molar-refractivity contribution in [2.24, 2.45) is 0 Å². The lowest BCUT2D eigenvalue weighted by Gasteiger charge is -2.18. The van der Waals surface area contributed by atoms with E-state index in [1.165, 1.54) is 283 Å². The van der Waals surface area contributed by atoms with Crippen LogP contribution < -0.4 is 0 Å². The molecule has 68 heavy (non-hydrogen) atoms. The topological polar surface area (TPSA) is 61.8 Å². The van der Waals surface area contributed by atoms with Crippen molar-refractivity contribution >= 4 is 11.9 Å². The second-order valence-corrected chi connectivity index (χ2v) is 21.3. The quantitative estimate of drug-likeness (QED) is 0.0345. The number of allylic oxidation sites excluding steroid dienone is 2. The molecule has 0 aliphatic rings. The highest BCUT2D eigenvalue weighted by Crippen LogP contribution is 2.18. The molecule has 0 N–H and O–H groups in total. The van der Waals surface area contributed by atoms with Gasteiger partial charge in [0.15, 0.2) is 0 Å². The smallest absolute Gasteiger partial charge is 0.305 e. The van der Waals surface area contributed by atoms with Crippen molar-refractivity contribution in [2.45, 2.75) is 361 Å². The number of unbranched alkanes of at least 4 members (excludes halogenated alkanes) is 46. The maximum absolute atomic E-state index is 12.7. The molecule has 0 aromatic heterocycles. The van der Waals surface area contributed by atoms with Gasteiger partial charge in [-0.1, -0.05) is 309 Å². The summed E-state index contributed by atoms with van der Waals surface area (Å²) in [6.45, 7) is 7.81. The van der Waals surface area contributed by atoms with E-state index in [-0.39, 0.29) is 25.2 Å². The lowest BCUT2D eigenvalue weighted by atomic mass is 10.0. The summed E-state index contributed by atoms with van der Waals surface area (Å²) in [5.41, 5.74) is 0. The molecule has 0 fully saturated rings. The Morgan fingerprint density at radius 3 is 0.779 bits per heavy atom. The van der Waals surface area contributed by atoms with Gasteiger partial charge in [0, 0.05) is 19.4 Å². The predicted octanol–water partition coefficient (Wildman–Crippen LogP) is 21.4. The fourth-order valence-electron chi connectivity index (χ4n) is 9.60. The Labute approximate surface area is 426 Å². The third kappa shape index (κ3) is 57.2. The summed E-state index contributed by atoms with van der Waals surface area (Å²) in [7, 11) is 0. The maximum atomic E-state index is 12.7. The molecule has 0 heterocycles. The largest absolute Gasteiger partial charge is 0.463 e. The predicted molar refractivity (Wildman–Crippen MR) is 298 cm³/mol. The fourth-order valence-corrected chi connectivity index (χ4v) is 9.60. The van der Waals surface area contributed by atoms with Crippen molar-refractivity contribution in [3.8, 4) is 0 Å². The Morgan fingerprint density at radius 1 is 0.294 bits per heavy atom. The highest BCUT2D eigenvalue weighted by Gasteiger charge is 2.16. The summed E-state index contributed by atoms with van der Waals surface area (Å²) < 4.78 is 17.6. The van der Waals surface area contributed by atoms with E-state index >= 15 is 0 Å². The van der Waals surface area contributed by atoms with E-state index in [1.807, 2.05) is 0 Å². The molecule has 0 saturated heterocycles. The van der Waals surface area contributed by atoms with Gasteiger partial charge in [0.1, 0.15) is 19.3 Å². The molecule has 0 spiro atoms. The van der Waals surface area contributed by atoms with Crippen molar-refractivity contribution in [3.05, 3.63) is 12.2 Å². The van der Waals surface area contributed by atoms with E-state index in [0.29, 0.717) is 19.4 Å². The third-order valence-corrected chi connectivity index (χ3v) is 14.3. The lowest BCUT2D eigenvalue weighted by molar-refractivity contribution is -0.155. The summed E-state index contributed by atoms with van der Waals surface area (Å²) in [5.74, 6) is -0.312. The molecule has 0 saturated carbocycles. The Morgan fingerprint density at radius 2 is 0.515 bits per heavy atom. The zero-order chi connectivity index (χ0) is 49.2. The van der Waals surface area contributed by atoms with Crippen LogP contribution in [0.1, 0.15) is 355 Å². The van der Waals surface area contributed by atoms with Gasteiger partial charge in [0.25, 0.3) is 0 Å². The molecule has 1 atom stereocenters. The summed E-state index contributed by atoms with van der Waals surface area (Å²) in [4.78, 5) is 25.4. The first kappa shape index (κ1) is 66.6. The Hall–Kier alpha value is -1.36. The molecule has 0 amide bonds. The van der Waals surface area contributed by atoms with Crippen LogP contribution in [0, 0.1) is 0 Å². The number of hydrogen-bond donors (Lipinski definition) is 0. The van der Waals surface area contributed by atoms with Crippen molar-refractivity contribution in [1.82, 2.24) is 0 Å². The fraction of sp³-hybridized carbons (Fsp3) is 0.937. The van der Waals surface area contributed by atoms with Gasteiger partial charge in [-0.2, -0.15) is 0 Å². The van der Waals surface area contributed by atoms with Crippen LogP contribution in [0.5, 0.6) is 0 Å². The molecular formula is C63H122O5. The third-order valence-electron chi connectivity index (χ3n) is 14.3. The molecule has 0 aromatic carbocycles. The molecule has 0 radical (unpaired) electrons. The van der Waals surface area contributed by atoms with Crippen LogP contribution in [-0.4, -0.2) is 37.9 Å². The minimum Gasteiger partial charge on any atom is -0.463 e. The SMILES string of the molecule is CCCCCCCC/C=C\CCCCCCCCCC(=O)OC[C@H](COC(=O)CCCCCCCCCCCCCCCCCCCCC)OCCCCCCCCCCCCCCCCCC. The average Bonchev–Trinajstić information content (AvgIpc) is 3.34. The van der Waals surface area contributed by atoms with Gasteiger partial charge >= 0.3 is 11.9 Å². The van der Waals surface area contributed by atoms with Gasteiger partial charge in [-0.15, -0.1) is 0 Å². The number of rotatable bonds is 59. The standard InChI is InChI=1S/C63H122O5/c1-4-7-10-13-16-19-22-25-28-31-32-34-36-39-42-45-48-51-54-57-63(65)68-60-61(66-58-55-52-49-46-43-40-37-30-27-24-21-18-15-12-9-6-3)59-67-62(64)56-53-50-47-44-41-38-35-33-29-26-23-20-17-14-11-8-5-2/h26,29,61H,4-25,27-28,30-60H2,1-3H3/b29-26-/t61-/m1/s1. The average molecular weight is 960 g/mol. The van der Waals surface area contributed by atoms with Crippen molar-refractivity contribution in [3.63, 3.8) is 0 Å². The summed E-state index contributed by atoms with van der Waals surface area (Å²) in [6, 6.07) is 0. The van der Waals surface area contributed by atoms with Gasteiger partial charge in [-0.3, -0.25) is 9.59 Å². The van der Waals surface area contributed by atoms with Gasteiger partial charge in [0.05, 0.1) is 0 Å². The van der Waals surface area contributed by atoms with Crippen LogP contribution in [0.25, 0.3) is 0 Å². The Kier molecular flexibility index (Phi) is 58.7. The molecule has 404 valence electrons. The number of hydrogen-bond acceptors (Lipinski definition) is 5. The number of ether oxygens (including phenoxy) is 3. The first-order valence-electron chi connectivity index (χ1n) is 31.2. The molecule has 0 aliphatic heterocycles. The normalized spacial score (nSPS) is 12.1. The van der Waals surface area contributed by atoms with Crippen molar-refractivity contribution in [2.75, 3.05) is 19.8 Å². The molecule has 0 rings (SSSR count). The summed E-state index contributed by atoms with van der Waals surface area (Å²) in [5, 5.41) is 0.